The molecule has 270 valence electrons. The second kappa shape index (κ2) is 15.7. The standard InChI is InChI=1S/C39H44N2O8S2/c1-6-40-32-23-20-29(51(45,46)47)26-31(32)38(2,3)34(40)15-11-8-7-9-12-16-35-39(4,5)37-30-21-19-28(50-49-48-44)25-27(30)18-22-33(37)41(35)24-14-10-13-17-36(42)43/h7-9,11-12,15-16,18-23,25-26H,6,10,13-14,17,24H2,1-5H3,(H2-,42,43,44,45,46,47)/p-1. The molecule has 0 bridgehead atoms. The van der Waals surface area contributed by atoms with Crippen molar-refractivity contribution in [2.24, 2.45) is 0 Å². The lowest BCUT2D eigenvalue weighted by Crippen LogP contribution is -2.28. The number of rotatable bonds is 15. The molecule has 0 radical (unpaired) electrons. The van der Waals surface area contributed by atoms with Gasteiger partial charge in [-0.05, 0) is 92.4 Å². The first kappa shape index (κ1) is 38.2. The average molecular weight is 732 g/mol. The van der Waals surface area contributed by atoms with Crippen LogP contribution < -0.4 is 10.2 Å². The van der Waals surface area contributed by atoms with Crippen molar-refractivity contribution < 1.29 is 42.1 Å². The smallest absolute Gasteiger partial charge is 0.303 e. The molecule has 2 aliphatic rings. The fraction of sp³-hybridized carbons (Fsp3) is 0.333. The van der Waals surface area contributed by atoms with E-state index in [0.717, 1.165) is 75.4 Å². The van der Waals surface area contributed by atoms with Crippen molar-refractivity contribution in [1.29, 1.82) is 0 Å². The number of hydrogen-bond acceptors (Lipinski definition) is 9. The first-order valence-electron chi connectivity index (χ1n) is 16.9. The van der Waals surface area contributed by atoms with Gasteiger partial charge in [0.1, 0.15) is 16.7 Å². The van der Waals surface area contributed by atoms with Crippen LogP contribution in [0.5, 0.6) is 0 Å². The van der Waals surface area contributed by atoms with E-state index in [2.05, 4.69) is 50.9 Å². The van der Waals surface area contributed by atoms with Gasteiger partial charge in [-0.2, -0.15) is 8.91 Å². The third kappa shape index (κ3) is 8.06. The number of carboxylic acid groups (broad SMARTS) is 1. The number of aliphatic carboxylic acids is 1. The van der Waals surface area contributed by atoms with Crippen LogP contribution >= 0.6 is 12.0 Å². The number of fused-ring (bicyclic) bond motifs is 4. The molecule has 5 rings (SSSR count). The monoisotopic (exact) mass is 731 g/mol. The zero-order valence-electron chi connectivity index (χ0n) is 29.4. The number of hydrogen-bond donors (Lipinski definition) is 1. The van der Waals surface area contributed by atoms with Crippen molar-refractivity contribution >= 4 is 56.0 Å². The summed E-state index contributed by atoms with van der Waals surface area (Å²) in [5.74, 6) is -0.780. The van der Waals surface area contributed by atoms with Crippen molar-refractivity contribution in [3.05, 3.63) is 108 Å². The molecular formula is C39H43N2O8S2-. The molecule has 0 amide bonds. The lowest BCUT2D eigenvalue weighted by Gasteiger charge is -2.25. The number of carbonyl (C=O) groups is 1. The highest BCUT2D eigenvalue weighted by Crippen LogP contribution is 2.48. The molecule has 0 aromatic heterocycles. The SMILES string of the molecule is CCN1C(=C/C=C/C=C/C=C/C2=[N+](CCCCCC(=O)O)c3ccc4cc(SOO[O-])ccc4c3C2(C)C)C(C)(C)c2cc(S(=O)(=O)[O-])ccc21. The highest BCUT2D eigenvalue weighted by molar-refractivity contribution is 7.94. The van der Waals surface area contributed by atoms with Crippen molar-refractivity contribution in [1.82, 2.24) is 0 Å². The van der Waals surface area contributed by atoms with Gasteiger partial charge in [0.15, 0.2) is 5.71 Å². The molecule has 0 saturated heterocycles. The minimum Gasteiger partial charge on any atom is -0.744 e. The third-order valence-electron chi connectivity index (χ3n) is 9.67. The highest BCUT2D eigenvalue weighted by Gasteiger charge is 2.45. The molecule has 0 aliphatic carbocycles. The van der Waals surface area contributed by atoms with Gasteiger partial charge in [-0.25, -0.2) is 8.42 Å². The lowest BCUT2D eigenvalue weighted by atomic mass is 9.79. The maximum absolute atomic E-state index is 11.7. The Morgan fingerprint density at radius 3 is 2.41 bits per heavy atom. The molecule has 2 aliphatic heterocycles. The van der Waals surface area contributed by atoms with Gasteiger partial charge < -0.3 is 19.8 Å². The highest BCUT2D eigenvalue weighted by atomic mass is 32.2. The summed E-state index contributed by atoms with van der Waals surface area (Å²) in [6.07, 6.45) is 16.5. The van der Waals surface area contributed by atoms with E-state index in [1.807, 2.05) is 75.4 Å². The molecule has 0 atom stereocenters. The third-order valence-corrected chi connectivity index (χ3v) is 11.1. The van der Waals surface area contributed by atoms with E-state index in [1.165, 1.54) is 17.7 Å². The van der Waals surface area contributed by atoms with Gasteiger partial charge in [0.05, 0.1) is 22.4 Å². The maximum Gasteiger partial charge on any atom is 0.303 e. The van der Waals surface area contributed by atoms with Crippen molar-refractivity contribution in [2.45, 2.75) is 80.9 Å². The van der Waals surface area contributed by atoms with Crippen LogP contribution in [0.15, 0.2) is 107 Å². The minimum atomic E-state index is -4.56. The zero-order chi connectivity index (χ0) is 37.0. The van der Waals surface area contributed by atoms with Crippen LogP contribution in [-0.4, -0.2) is 47.4 Å². The Balaban J connectivity index is 1.39. The van der Waals surface area contributed by atoms with Crippen molar-refractivity contribution in [2.75, 3.05) is 18.0 Å². The number of unbranched alkanes of at least 4 members (excludes halogenated alkanes) is 2. The summed E-state index contributed by atoms with van der Waals surface area (Å²) < 4.78 is 42.0. The summed E-state index contributed by atoms with van der Waals surface area (Å²) in [7, 11) is -4.56. The van der Waals surface area contributed by atoms with Gasteiger partial charge in [-0.3, -0.25) is 9.83 Å². The number of nitrogens with zero attached hydrogens (tertiary/aromatic N) is 2. The molecule has 0 saturated carbocycles. The van der Waals surface area contributed by atoms with E-state index < -0.39 is 21.5 Å². The maximum atomic E-state index is 11.7. The van der Waals surface area contributed by atoms with Gasteiger partial charge in [0.2, 0.25) is 5.69 Å². The van der Waals surface area contributed by atoms with E-state index in [0.29, 0.717) is 13.0 Å². The fourth-order valence-corrected chi connectivity index (χ4v) is 8.18. The van der Waals surface area contributed by atoms with Crippen LogP contribution in [0.2, 0.25) is 0 Å². The Hall–Kier alpha value is -4.04. The molecule has 1 N–H and O–H groups in total. The zero-order valence-corrected chi connectivity index (χ0v) is 31.1. The number of benzene rings is 3. The van der Waals surface area contributed by atoms with Crippen LogP contribution in [0.4, 0.5) is 11.4 Å². The predicted molar refractivity (Wildman–Crippen MR) is 197 cm³/mol. The Labute approximate surface area is 303 Å². The van der Waals surface area contributed by atoms with Gasteiger partial charge in [-0.1, -0.05) is 50.3 Å². The largest absolute Gasteiger partial charge is 0.744 e. The Morgan fingerprint density at radius 2 is 1.71 bits per heavy atom. The average Bonchev–Trinajstić information content (AvgIpc) is 3.43. The Bertz CT molecular complexity index is 2080. The van der Waals surface area contributed by atoms with E-state index in [1.54, 1.807) is 6.07 Å². The first-order chi connectivity index (χ1) is 24.2. The number of anilines is 1. The molecule has 0 spiro atoms. The lowest BCUT2D eigenvalue weighted by molar-refractivity contribution is -0.777. The normalized spacial score (nSPS) is 17.5. The van der Waals surface area contributed by atoms with Gasteiger partial charge >= 0.3 is 5.97 Å². The predicted octanol–water partition coefficient (Wildman–Crippen LogP) is 7.37. The van der Waals surface area contributed by atoms with E-state index in [-0.39, 0.29) is 16.7 Å². The molecule has 0 unspecified atom stereocenters. The number of carboxylic acids is 1. The van der Waals surface area contributed by atoms with Gasteiger partial charge in [0, 0.05) is 58.8 Å². The van der Waals surface area contributed by atoms with Crippen LogP contribution in [0.3, 0.4) is 0 Å². The quantitative estimate of drug-likeness (QED) is 0.0320. The molecule has 0 fully saturated rings. The summed E-state index contributed by atoms with van der Waals surface area (Å²) in [4.78, 5) is 13.7. The Morgan fingerprint density at radius 1 is 0.961 bits per heavy atom. The summed E-state index contributed by atoms with van der Waals surface area (Å²) in [5, 5.41) is 25.1. The second-order valence-corrected chi connectivity index (χ2v) is 15.8. The summed E-state index contributed by atoms with van der Waals surface area (Å²) in [5.41, 5.74) is 5.29. The molecule has 51 heavy (non-hydrogen) atoms. The van der Waals surface area contributed by atoms with Gasteiger partial charge in [-0.15, -0.1) is 0 Å². The molecule has 3 aromatic carbocycles. The van der Waals surface area contributed by atoms with E-state index in [4.69, 9.17) is 5.11 Å². The van der Waals surface area contributed by atoms with E-state index >= 15 is 0 Å². The minimum absolute atomic E-state index is 0.160. The topological polar surface area (TPSA) is 142 Å². The Kier molecular flexibility index (Phi) is 11.7. The molecule has 3 aromatic rings. The van der Waals surface area contributed by atoms with Crippen LogP contribution in [0, 0.1) is 0 Å². The van der Waals surface area contributed by atoms with Crippen LogP contribution in [0.1, 0.15) is 71.4 Å². The van der Waals surface area contributed by atoms with E-state index in [9.17, 15) is 23.0 Å². The number of allylic oxidation sites excluding steroid dienone is 8. The van der Waals surface area contributed by atoms with Crippen molar-refractivity contribution in [3.63, 3.8) is 0 Å². The molecule has 10 nitrogen and oxygen atoms in total. The van der Waals surface area contributed by atoms with Gasteiger partial charge in [0.25, 0.3) is 0 Å². The van der Waals surface area contributed by atoms with Crippen LogP contribution in [0.25, 0.3) is 10.8 Å². The van der Waals surface area contributed by atoms with Crippen LogP contribution in [-0.2, 0) is 35.1 Å². The first-order valence-corrected chi connectivity index (χ1v) is 19.0. The summed E-state index contributed by atoms with van der Waals surface area (Å²) >= 11 is 0.860. The fourth-order valence-electron chi connectivity index (χ4n) is 7.28. The second-order valence-electron chi connectivity index (χ2n) is 13.6. The summed E-state index contributed by atoms with van der Waals surface area (Å²) in [6.45, 7) is 11.9. The molecule has 12 heteroatoms. The molecular weight excluding hydrogens is 689 g/mol. The molecule has 2 heterocycles. The summed E-state index contributed by atoms with van der Waals surface area (Å²) in [6, 6.07) is 14.7. The number of likely N-dealkylation sites (N-methyl/N-ethyl adjacent to an activating group) is 1. The van der Waals surface area contributed by atoms with Crippen molar-refractivity contribution in [3.8, 4) is 0 Å².